The van der Waals surface area contributed by atoms with Crippen molar-refractivity contribution >= 4 is 15.9 Å². The molecule has 1 aliphatic heterocycles. The summed E-state index contributed by atoms with van der Waals surface area (Å²) in [5, 5.41) is 0. The SMILES string of the molecule is CCN1CCN(C(=O)CCNS(=O)(=O)c2cc(OC)ccc2OC)CC1. The molecule has 1 aromatic rings. The average Bonchev–Trinajstić information content (AvgIpc) is 2.67. The highest BCUT2D eigenvalue weighted by molar-refractivity contribution is 7.89. The monoisotopic (exact) mass is 385 g/mol. The van der Waals surface area contributed by atoms with Crippen LogP contribution in [0.1, 0.15) is 13.3 Å². The summed E-state index contributed by atoms with van der Waals surface area (Å²) in [7, 11) is -0.945. The fraction of sp³-hybridized carbons (Fsp3) is 0.588. The van der Waals surface area contributed by atoms with E-state index in [-0.39, 0.29) is 29.5 Å². The Bertz CT molecular complexity index is 715. The van der Waals surface area contributed by atoms with Crippen molar-refractivity contribution in [2.45, 2.75) is 18.2 Å². The number of piperazine rings is 1. The second-order valence-corrected chi connectivity index (χ2v) is 7.71. The minimum atomic E-state index is -3.81. The lowest BCUT2D eigenvalue weighted by Gasteiger charge is -2.34. The molecule has 0 bridgehead atoms. The number of rotatable bonds is 8. The maximum atomic E-state index is 12.5. The van der Waals surface area contributed by atoms with Crippen LogP contribution in [0.4, 0.5) is 0 Å². The first-order chi connectivity index (χ1) is 12.4. The summed E-state index contributed by atoms with van der Waals surface area (Å²) in [4.78, 5) is 16.3. The van der Waals surface area contributed by atoms with Gasteiger partial charge in [-0.15, -0.1) is 0 Å². The molecule has 1 N–H and O–H groups in total. The van der Waals surface area contributed by atoms with Crippen LogP contribution in [-0.4, -0.2) is 77.6 Å². The number of ether oxygens (including phenoxy) is 2. The lowest BCUT2D eigenvalue weighted by Crippen LogP contribution is -2.49. The molecule has 26 heavy (non-hydrogen) atoms. The number of carbonyl (C=O) groups is 1. The molecule has 1 saturated heterocycles. The van der Waals surface area contributed by atoms with E-state index in [1.54, 1.807) is 11.0 Å². The maximum Gasteiger partial charge on any atom is 0.244 e. The molecule has 1 aromatic carbocycles. The van der Waals surface area contributed by atoms with E-state index in [0.29, 0.717) is 18.8 Å². The molecule has 2 rings (SSSR count). The van der Waals surface area contributed by atoms with Gasteiger partial charge in [0.25, 0.3) is 0 Å². The van der Waals surface area contributed by atoms with Gasteiger partial charge in [0.2, 0.25) is 15.9 Å². The van der Waals surface area contributed by atoms with Crippen molar-refractivity contribution in [2.24, 2.45) is 0 Å². The second kappa shape index (κ2) is 9.20. The van der Waals surface area contributed by atoms with E-state index < -0.39 is 10.0 Å². The number of nitrogens with zero attached hydrogens (tertiary/aromatic N) is 2. The van der Waals surface area contributed by atoms with Crippen molar-refractivity contribution in [1.82, 2.24) is 14.5 Å². The Morgan fingerprint density at radius 2 is 1.85 bits per heavy atom. The zero-order chi connectivity index (χ0) is 19.2. The average molecular weight is 385 g/mol. The van der Waals surface area contributed by atoms with Gasteiger partial charge in [0, 0.05) is 45.2 Å². The molecule has 1 fully saturated rings. The normalized spacial score (nSPS) is 15.7. The minimum Gasteiger partial charge on any atom is -0.497 e. The molecule has 146 valence electrons. The summed E-state index contributed by atoms with van der Waals surface area (Å²) >= 11 is 0. The van der Waals surface area contributed by atoms with Gasteiger partial charge < -0.3 is 19.3 Å². The summed E-state index contributed by atoms with van der Waals surface area (Å²) in [5.41, 5.74) is 0. The highest BCUT2D eigenvalue weighted by atomic mass is 32.2. The highest BCUT2D eigenvalue weighted by Gasteiger charge is 2.23. The number of hydrogen-bond acceptors (Lipinski definition) is 6. The number of methoxy groups -OCH3 is 2. The van der Waals surface area contributed by atoms with Crippen LogP contribution in [0.5, 0.6) is 11.5 Å². The third kappa shape index (κ3) is 5.09. The topological polar surface area (TPSA) is 88.2 Å². The van der Waals surface area contributed by atoms with Crippen LogP contribution < -0.4 is 14.2 Å². The highest BCUT2D eigenvalue weighted by Crippen LogP contribution is 2.27. The van der Waals surface area contributed by atoms with Gasteiger partial charge in [0.05, 0.1) is 14.2 Å². The summed E-state index contributed by atoms with van der Waals surface area (Å²) in [5.74, 6) is 0.595. The Morgan fingerprint density at radius 3 is 2.42 bits per heavy atom. The van der Waals surface area contributed by atoms with Crippen LogP contribution in [0.15, 0.2) is 23.1 Å². The largest absolute Gasteiger partial charge is 0.497 e. The van der Waals surface area contributed by atoms with Crippen molar-refractivity contribution in [3.63, 3.8) is 0 Å². The zero-order valence-corrected chi connectivity index (χ0v) is 16.3. The number of sulfonamides is 1. The number of carbonyl (C=O) groups excluding carboxylic acids is 1. The molecular formula is C17H27N3O5S. The van der Waals surface area contributed by atoms with E-state index in [4.69, 9.17) is 9.47 Å². The van der Waals surface area contributed by atoms with Crippen molar-refractivity contribution < 1.29 is 22.7 Å². The molecule has 9 heteroatoms. The Balaban J connectivity index is 1.93. The number of benzene rings is 1. The van der Waals surface area contributed by atoms with E-state index >= 15 is 0 Å². The van der Waals surface area contributed by atoms with Gasteiger partial charge >= 0.3 is 0 Å². The predicted molar refractivity (Wildman–Crippen MR) is 98.0 cm³/mol. The van der Waals surface area contributed by atoms with E-state index in [9.17, 15) is 13.2 Å². The van der Waals surface area contributed by atoms with Crippen LogP contribution in [0.25, 0.3) is 0 Å². The molecule has 0 saturated carbocycles. The van der Waals surface area contributed by atoms with Crippen LogP contribution in [0.2, 0.25) is 0 Å². The summed E-state index contributed by atoms with van der Waals surface area (Å²) in [6.45, 7) is 6.19. The first kappa shape index (κ1) is 20.5. The Labute approximate surface area is 155 Å². The Kier molecular flexibility index (Phi) is 7.24. The molecule has 0 spiro atoms. The van der Waals surface area contributed by atoms with E-state index in [1.165, 1.54) is 26.4 Å². The smallest absolute Gasteiger partial charge is 0.244 e. The summed E-state index contributed by atoms with van der Waals surface area (Å²) in [6.07, 6.45) is 0.123. The third-order valence-corrected chi connectivity index (χ3v) is 5.95. The molecular weight excluding hydrogens is 358 g/mol. The van der Waals surface area contributed by atoms with Gasteiger partial charge in [-0.25, -0.2) is 13.1 Å². The lowest BCUT2D eigenvalue weighted by atomic mass is 10.3. The molecule has 1 heterocycles. The molecule has 1 amide bonds. The Morgan fingerprint density at radius 1 is 1.15 bits per heavy atom. The van der Waals surface area contributed by atoms with Gasteiger partial charge in [0.15, 0.2) is 0 Å². The van der Waals surface area contributed by atoms with E-state index in [1.807, 2.05) is 0 Å². The summed E-state index contributed by atoms with van der Waals surface area (Å²) < 4.78 is 37.7. The van der Waals surface area contributed by atoms with Crippen molar-refractivity contribution in [2.75, 3.05) is 53.5 Å². The van der Waals surface area contributed by atoms with E-state index in [0.717, 1.165) is 19.6 Å². The molecule has 0 radical (unpaired) electrons. The first-order valence-corrected chi connectivity index (χ1v) is 10.1. The summed E-state index contributed by atoms with van der Waals surface area (Å²) in [6, 6.07) is 4.55. The van der Waals surface area contributed by atoms with Gasteiger partial charge in [0.1, 0.15) is 16.4 Å². The minimum absolute atomic E-state index is 0.0108. The maximum absolute atomic E-state index is 12.5. The van der Waals surface area contributed by atoms with E-state index in [2.05, 4.69) is 16.5 Å². The number of hydrogen-bond donors (Lipinski definition) is 1. The van der Waals surface area contributed by atoms with Crippen molar-refractivity contribution in [3.8, 4) is 11.5 Å². The predicted octanol–water partition coefficient (Wildman–Crippen LogP) is 0.536. The fourth-order valence-corrected chi connectivity index (χ4v) is 4.05. The van der Waals surface area contributed by atoms with Crippen LogP contribution in [-0.2, 0) is 14.8 Å². The number of likely N-dealkylation sites (N-methyl/N-ethyl adjacent to an activating group) is 1. The number of nitrogens with one attached hydrogen (secondary N) is 1. The number of amides is 1. The van der Waals surface area contributed by atoms with Crippen LogP contribution >= 0.6 is 0 Å². The molecule has 1 aliphatic rings. The van der Waals surface area contributed by atoms with Gasteiger partial charge in [-0.2, -0.15) is 0 Å². The standard InChI is InChI=1S/C17H27N3O5S/c1-4-19-9-11-20(12-10-19)17(21)7-8-18-26(22,23)16-13-14(24-2)5-6-15(16)25-3/h5-6,13,18H,4,7-12H2,1-3H3. The molecule has 0 atom stereocenters. The van der Waals surface area contributed by atoms with Crippen LogP contribution in [0, 0.1) is 0 Å². The second-order valence-electron chi connectivity index (χ2n) is 5.98. The zero-order valence-electron chi connectivity index (χ0n) is 15.5. The quantitative estimate of drug-likeness (QED) is 0.703. The first-order valence-electron chi connectivity index (χ1n) is 8.63. The van der Waals surface area contributed by atoms with Gasteiger partial charge in [-0.3, -0.25) is 4.79 Å². The molecule has 8 nitrogen and oxygen atoms in total. The molecule has 0 unspecified atom stereocenters. The lowest BCUT2D eigenvalue weighted by molar-refractivity contribution is -0.132. The molecule has 0 aliphatic carbocycles. The fourth-order valence-electron chi connectivity index (χ4n) is 2.84. The third-order valence-electron chi connectivity index (χ3n) is 4.46. The van der Waals surface area contributed by atoms with Crippen LogP contribution in [0.3, 0.4) is 0 Å². The van der Waals surface area contributed by atoms with Crippen molar-refractivity contribution in [1.29, 1.82) is 0 Å². The molecule has 0 aromatic heterocycles. The van der Waals surface area contributed by atoms with Crippen molar-refractivity contribution in [3.05, 3.63) is 18.2 Å². The van der Waals surface area contributed by atoms with Gasteiger partial charge in [-0.1, -0.05) is 6.92 Å². The Hall–Kier alpha value is -1.84. The van der Waals surface area contributed by atoms with Gasteiger partial charge in [-0.05, 0) is 18.7 Å².